The van der Waals surface area contributed by atoms with E-state index < -0.39 is 0 Å². The van der Waals surface area contributed by atoms with Gasteiger partial charge >= 0.3 is 0 Å². The first-order valence-electron chi connectivity index (χ1n) is 10.5. The number of hydrogen-bond acceptors (Lipinski definition) is 6. The van der Waals surface area contributed by atoms with Crippen LogP contribution in [-0.4, -0.2) is 78.3 Å². The van der Waals surface area contributed by atoms with E-state index in [4.69, 9.17) is 4.74 Å². The van der Waals surface area contributed by atoms with Crippen molar-refractivity contribution in [3.05, 3.63) is 18.0 Å². The Labute approximate surface area is 157 Å². The molecule has 1 unspecified atom stereocenters. The van der Waals surface area contributed by atoms with Crippen LogP contribution in [0.4, 0.5) is 5.95 Å². The number of anilines is 1. The molecule has 4 rings (SSSR count). The normalized spacial score (nSPS) is 26.2. The van der Waals surface area contributed by atoms with Gasteiger partial charge in [0.15, 0.2) is 0 Å². The molecule has 0 aliphatic carbocycles. The van der Waals surface area contributed by atoms with Gasteiger partial charge in [-0.3, -0.25) is 4.90 Å². The van der Waals surface area contributed by atoms with Crippen molar-refractivity contribution in [3.63, 3.8) is 0 Å². The van der Waals surface area contributed by atoms with E-state index in [1.165, 1.54) is 50.8 Å². The smallest absolute Gasteiger partial charge is 0.225 e. The van der Waals surface area contributed by atoms with Gasteiger partial charge in [0.05, 0.1) is 6.10 Å². The van der Waals surface area contributed by atoms with E-state index in [1.54, 1.807) is 0 Å². The molecule has 0 spiro atoms. The van der Waals surface area contributed by atoms with Crippen LogP contribution in [0.5, 0.6) is 0 Å². The van der Waals surface area contributed by atoms with Crippen molar-refractivity contribution >= 4 is 5.95 Å². The summed E-state index contributed by atoms with van der Waals surface area (Å²) in [5.74, 6) is 0.902. The van der Waals surface area contributed by atoms with Crippen LogP contribution in [0.3, 0.4) is 0 Å². The van der Waals surface area contributed by atoms with Crippen LogP contribution in [0.2, 0.25) is 0 Å². The average molecular weight is 360 g/mol. The van der Waals surface area contributed by atoms with Crippen molar-refractivity contribution in [1.29, 1.82) is 0 Å². The van der Waals surface area contributed by atoms with Crippen molar-refractivity contribution in [2.24, 2.45) is 0 Å². The zero-order valence-corrected chi connectivity index (χ0v) is 16.0. The van der Waals surface area contributed by atoms with Crippen molar-refractivity contribution < 1.29 is 4.74 Å². The Kier molecular flexibility index (Phi) is 6.35. The van der Waals surface area contributed by atoms with Gasteiger partial charge in [-0.1, -0.05) is 0 Å². The van der Waals surface area contributed by atoms with Gasteiger partial charge in [-0.25, -0.2) is 9.97 Å². The highest BCUT2D eigenvalue weighted by atomic mass is 16.5. The molecule has 4 heterocycles. The van der Waals surface area contributed by atoms with E-state index in [0.29, 0.717) is 6.10 Å². The first-order valence-corrected chi connectivity index (χ1v) is 10.5. The van der Waals surface area contributed by atoms with E-state index in [-0.39, 0.29) is 0 Å². The Morgan fingerprint density at radius 1 is 0.846 bits per heavy atom. The summed E-state index contributed by atoms with van der Waals surface area (Å²) in [6.45, 7) is 9.70. The SMILES string of the molecule is c1nc(N2CCCCC2)ncc1CN1CCCOC(CN2CCCC2)C1. The van der Waals surface area contributed by atoms with Gasteiger partial charge in [0.2, 0.25) is 5.95 Å². The lowest BCUT2D eigenvalue weighted by Crippen LogP contribution is -2.39. The van der Waals surface area contributed by atoms with Crippen LogP contribution >= 0.6 is 0 Å². The summed E-state index contributed by atoms with van der Waals surface area (Å²) in [5.41, 5.74) is 1.22. The minimum Gasteiger partial charge on any atom is -0.376 e. The van der Waals surface area contributed by atoms with Gasteiger partial charge < -0.3 is 14.5 Å². The Balaban J connectivity index is 1.31. The molecule has 3 aliphatic heterocycles. The first kappa shape index (κ1) is 18.1. The zero-order valence-electron chi connectivity index (χ0n) is 16.0. The molecule has 0 bridgehead atoms. The second kappa shape index (κ2) is 9.11. The molecule has 6 nitrogen and oxygen atoms in total. The molecule has 144 valence electrons. The number of nitrogens with zero attached hydrogens (tertiary/aromatic N) is 5. The molecule has 3 fully saturated rings. The quantitative estimate of drug-likeness (QED) is 0.803. The summed E-state index contributed by atoms with van der Waals surface area (Å²) in [7, 11) is 0. The minimum absolute atomic E-state index is 0.337. The fourth-order valence-electron chi connectivity index (χ4n) is 4.42. The fourth-order valence-corrected chi connectivity index (χ4v) is 4.42. The van der Waals surface area contributed by atoms with Crippen molar-refractivity contribution in [3.8, 4) is 0 Å². The summed E-state index contributed by atoms with van der Waals surface area (Å²) in [5, 5.41) is 0. The molecule has 1 atom stereocenters. The molecule has 0 radical (unpaired) electrons. The van der Waals surface area contributed by atoms with Crippen molar-refractivity contribution in [1.82, 2.24) is 19.8 Å². The summed E-state index contributed by atoms with van der Waals surface area (Å²) in [6.07, 6.45) is 12.1. The van der Waals surface area contributed by atoms with E-state index in [2.05, 4.69) is 24.7 Å². The molecule has 26 heavy (non-hydrogen) atoms. The molecule has 6 heteroatoms. The zero-order chi connectivity index (χ0) is 17.6. The third-order valence-corrected chi connectivity index (χ3v) is 5.83. The molecule has 1 aromatic heterocycles. The lowest BCUT2D eigenvalue weighted by Gasteiger charge is -2.27. The van der Waals surface area contributed by atoms with Gasteiger partial charge in [-0.2, -0.15) is 0 Å². The molecule has 0 aromatic carbocycles. The molecule has 1 aromatic rings. The second-order valence-corrected chi connectivity index (χ2v) is 8.03. The van der Waals surface area contributed by atoms with Gasteiger partial charge in [0, 0.05) is 63.8 Å². The summed E-state index contributed by atoms with van der Waals surface area (Å²) in [4.78, 5) is 16.7. The van der Waals surface area contributed by atoms with Gasteiger partial charge in [0.25, 0.3) is 0 Å². The van der Waals surface area contributed by atoms with Crippen LogP contribution in [0, 0.1) is 0 Å². The van der Waals surface area contributed by atoms with E-state index in [9.17, 15) is 0 Å². The van der Waals surface area contributed by atoms with Gasteiger partial charge in [-0.05, 0) is 51.6 Å². The number of likely N-dealkylation sites (tertiary alicyclic amines) is 1. The standard InChI is InChI=1S/C20H33N5O/c1-2-10-25(11-3-1)20-21-13-18(14-22-20)15-24-9-6-12-26-19(17-24)16-23-7-4-5-8-23/h13-14,19H,1-12,15-17H2. The average Bonchev–Trinajstić information content (AvgIpc) is 3.09. The Morgan fingerprint density at radius 2 is 1.54 bits per heavy atom. The highest BCUT2D eigenvalue weighted by Crippen LogP contribution is 2.17. The monoisotopic (exact) mass is 359 g/mol. The molecule has 3 aliphatic rings. The third-order valence-electron chi connectivity index (χ3n) is 5.83. The maximum atomic E-state index is 6.11. The van der Waals surface area contributed by atoms with Crippen LogP contribution in [0.25, 0.3) is 0 Å². The summed E-state index contributed by atoms with van der Waals surface area (Å²) in [6, 6.07) is 0. The molecule has 0 N–H and O–H groups in total. The van der Waals surface area contributed by atoms with Gasteiger partial charge in [0.1, 0.15) is 0 Å². The van der Waals surface area contributed by atoms with E-state index in [1.807, 2.05) is 12.4 Å². The Bertz CT molecular complexity index is 540. The van der Waals surface area contributed by atoms with Crippen molar-refractivity contribution in [2.45, 2.75) is 51.2 Å². The Hall–Kier alpha value is -1.24. The van der Waals surface area contributed by atoms with Crippen LogP contribution in [0.15, 0.2) is 12.4 Å². The molecular weight excluding hydrogens is 326 g/mol. The number of rotatable bonds is 5. The fraction of sp³-hybridized carbons (Fsp3) is 0.800. The summed E-state index contributed by atoms with van der Waals surface area (Å²) >= 11 is 0. The second-order valence-electron chi connectivity index (χ2n) is 8.03. The summed E-state index contributed by atoms with van der Waals surface area (Å²) < 4.78 is 6.11. The molecule has 0 amide bonds. The minimum atomic E-state index is 0.337. The number of piperidine rings is 1. The Morgan fingerprint density at radius 3 is 2.31 bits per heavy atom. The highest BCUT2D eigenvalue weighted by Gasteiger charge is 2.23. The maximum absolute atomic E-state index is 6.11. The largest absolute Gasteiger partial charge is 0.376 e. The number of ether oxygens (including phenoxy) is 1. The predicted molar refractivity (Wildman–Crippen MR) is 103 cm³/mol. The first-order chi connectivity index (χ1) is 12.9. The van der Waals surface area contributed by atoms with Crippen LogP contribution in [-0.2, 0) is 11.3 Å². The van der Waals surface area contributed by atoms with E-state index >= 15 is 0 Å². The van der Waals surface area contributed by atoms with Crippen LogP contribution in [0.1, 0.15) is 44.1 Å². The molecular formula is C20H33N5O. The lowest BCUT2D eigenvalue weighted by atomic mass is 10.1. The highest BCUT2D eigenvalue weighted by molar-refractivity contribution is 5.30. The van der Waals surface area contributed by atoms with Crippen molar-refractivity contribution in [2.75, 3.05) is 57.3 Å². The number of aromatic nitrogens is 2. The molecule has 3 saturated heterocycles. The third kappa shape index (κ3) is 4.93. The predicted octanol–water partition coefficient (Wildman–Crippen LogP) is 2.15. The van der Waals surface area contributed by atoms with Crippen LogP contribution < -0.4 is 4.90 Å². The number of hydrogen-bond donors (Lipinski definition) is 0. The van der Waals surface area contributed by atoms with E-state index in [0.717, 1.165) is 58.2 Å². The maximum Gasteiger partial charge on any atom is 0.225 e. The lowest BCUT2D eigenvalue weighted by molar-refractivity contribution is 0.0307. The van der Waals surface area contributed by atoms with Gasteiger partial charge in [-0.15, -0.1) is 0 Å². The molecule has 0 saturated carbocycles. The topological polar surface area (TPSA) is 44.7 Å².